The second-order valence-corrected chi connectivity index (χ2v) is 3.70. The van der Waals surface area contributed by atoms with Crippen LogP contribution in [-0.2, 0) is 9.59 Å². The smallest absolute Gasteiger partial charge is 0.315 e. The minimum Gasteiger partial charge on any atom is -0.481 e. The molecule has 0 aromatic heterocycles. The van der Waals surface area contributed by atoms with E-state index in [4.69, 9.17) is 5.11 Å². The summed E-state index contributed by atoms with van der Waals surface area (Å²) in [6.45, 7) is 3.19. The zero-order chi connectivity index (χ0) is 12.1. The molecular weight excluding hydrogens is 206 g/mol. The van der Waals surface area contributed by atoms with Crippen LogP contribution in [-0.4, -0.2) is 17.0 Å². The average molecular weight is 221 g/mol. The Morgan fingerprint density at radius 3 is 2.25 bits per heavy atom. The number of aliphatic carboxylic acids is 1. The molecule has 0 spiro atoms. The van der Waals surface area contributed by atoms with Crippen molar-refractivity contribution in [3.63, 3.8) is 0 Å². The van der Waals surface area contributed by atoms with Gasteiger partial charge < -0.3 is 10.4 Å². The Morgan fingerprint density at radius 2 is 1.75 bits per heavy atom. The first kappa shape index (κ1) is 12.2. The van der Waals surface area contributed by atoms with Crippen LogP contribution in [0.25, 0.3) is 0 Å². The van der Waals surface area contributed by atoms with Crippen molar-refractivity contribution in [1.29, 1.82) is 0 Å². The lowest BCUT2D eigenvalue weighted by Gasteiger charge is -2.15. The summed E-state index contributed by atoms with van der Waals surface area (Å²) in [6.07, 6.45) is 0. The molecule has 4 nitrogen and oxygen atoms in total. The van der Waals surface area contributed by atoms with Gasteiger partial charge in [-0.05, 0) is 19.4 Å². The van der Waals surface area contributed by atoms with Crippen LogP contribution in [0.15, 0.2) is 30.3 Å². The molecule has 0 saturated heterocycles. The highest BCUT2D eigenvalue weighted by Crippen LogP contribution is 2.11. The second-order valence-electron chi connectivity index (χ2n) is 3.70. The lowest BCUT2D eigenvalue weighted by Crippen LogP contribution is -2.35. The van der Waals surface area contributed by atoms with Crippen LogP contribution in [0.1, 0.15) is 25.5 Å². The molecule has 0 heterocycles. The van der Waals surface area contributed by atoms with E-state index < -0.39 is 17.8 Å². The fourth-order valence-corrected chi connectivity index (χ4v) is 1.28. The fraction of sp³-hybridized carbons (Fsp3) is 0.333. The second kappa shape index (κ2) is 5.30. The maximum absolute atomic E-state index is 11.5. The van der Waals surface area contributed by atoms with Crippen LogP contribution in [0.5, 0.6) is 0 Å². The monoisotopic (exact) mass is 221 g/mol. The van der Waals surface area contributed by atoms with E-state index in [2.05, 4.69) is 5.32 Å². The number of carboxylic acids is 1. The SMILES string of the molecule is C[C@@H](C(=O)O)C(=O)N[C@H](C)c1ccccc1. The molecule has 1 aromatic carbocycles. The Hall–Kier alpha value is -1.84. The van der Waals surface area contributed by atoms with Crippen LogP contribution in [0.3, 0.4) is 0 Å². The summed E-state index contributed by atoms with van der Waals surface area (Å²) in [5, 5.41) is 11.3. The Labute approximate surface area is 94.3 Å². The third kappa shape index (κ3) is 3.08. The predicted molar refractivity (Wildman–Crippen MR) is 59.8 cm³/mol. The summed E-state index contributed by atoms with van der Waals surface area (Å²) < 4.78 is 0. The lowest BCUT2D eigenvalue weighted by atomic mass is 10.1. The van der Waals surface area contributed by atoms with E-state index in [1.165, 1.54) is 6.92 Å². The molecule has 0 fully saturated rings. The highest BCUT2D eigenvalue weighted by Gasteiger charge is 2.21. The van der Waals surface area contributed by atoms with Gasteiger partial charge in [-0.2, -0.15) is 0 Å². The van der Waals surface area contributed by atoms with Crippen molar-refractivity contribution in [2.24, 2.45) is 5.92 Å². The van der Waals surface area contributed by atoms with Crippen LogP contribution in [0, 0.1) is 5.92 Å². The summed E-state index contributed by atoms with van der Waals surface area (Å²) in [5.74, 6) is -2.60. The maximum Gasteiger partial charge on any atom is 0.315 e. The van der Waals surface area contributed by atoms with Gasteiger partial charge in [-0.1, -0.05) is 30.3 Å². The van der Waals surface area contributed by atoms with Gasteiger partial charge in [0.05, 0.1) is 6.04 Å². The molecule has 1 amide bonds. The molecule has 0 aliphatic heterocycles. The number of hydrogen-bond donors (Lipinski definition) is 2. The van der Waals surface area contributed by atoms with Gasteiger partial charge in [-0.3, -0.25) is 9.59 Å². The summed E-state index contributed by atoms with van der Waals surface area (Å²) in [5.41, 5.74) is 0.952. The van der Waals surface area contributed by atoms with E-state index in [0.29, 0.717) is 0 Å². The van der Waals surface area contributed by atoms with Gasteiger partial charge in [0.25, 0.3) is 0 Å². The Morgan fingerprint density at radius 1 is 1.19 bits per heavy atom. The van der Waals surface area contributed by atoms with Crippen molar-refractivity contribution < 1.29 is 14.7 Å². The molecule has 1 aromatic rings. The highest BCUT2D eigenvalue weighted by molar-refractivity contribution is 5.96. The van der Waals surface area contributed by atoms with Crippen molar-refractivity contribution in [2.75, 3.05) is 0 Å². The molecule has 0 unspecified atom stereocenters. The first-order valence-electron chi connectivity index (χ1n) is 5.10. The van der Waals surface area contributed by atoms with Crippen LogP contribution < -0.4 is 5.32 Å². The Kier molecular flexibility index (Phi) is 4.05. The molecule has 16 heavy (non-hydrogen) atoms. The number of nitrogens with one attached hydrogen (secondary N) is 1. The van der Waals surface area contributed by atoms with Crippen LogP contribution in [0.2, 0.25) is 0 Å². The summed E-state index contributed by atoms with van der Waals surface area (Å²) >= 11 is 0. The zero-order valence-electron chi connectivity index (χ0n) is 9.31. The number of hydrogen-bond acceptors (Lipinski definition) is 2. The maximum atomic E-state index is 11.5. The molecule has 2 atom stereocenters. The lowest BCUT2D eigenvalue weighted by molar-refractivity contribution is -0.146. The molecule has 2 N–H and O–H groups in total. The summed E-state index contributed by atoms with van der Waals surface area (Å²) in [4.78, 5) is 22.1. The minimum absolute atomic E-state index is 0.185. The standard InChI is InChI=1S/C12H15NO3/c1-8(12(15)16)11(14)13-9(2)10-6-4-3-5-7-10/h3-9H,1-2H3,(H,13,14)(H,15,16)/t8-,9-/m1/s1. The molecular formula is C12H15NO3. The van der Waals surface area contributed by atoms with Gasteiger partial charge in [0.15, 0.2) is 0 Å². The van der Waals surface area contributed by atoms with Crippen LogP contribution >= 0.6 is 0 Å². The number of amides is 1. The van der Waals surface area contributed by atoms with Crippen molar-refractivity contribution in [1.82, 2.24) is 5.32 Å². The van der Waals surface area contributed by atoms with Crippen molar-refractivity contribution in [2.45, 2.75) is 19.9 Å². The number of carboxylic acid groups (broad SMARTS) is 1. The van der Waals surface area contributed by atoms with E-state index in [1.54, 1.807) is 0 Å². The van der Waals surface area contributed by atoms with Gasteiger partial charge in [0.1, 0.15) is 5.92 Å². The van der Waals surface area contributed by atoms with E-state index in [0.717, 1.165) is 5.56 Å². The third-order valence-electron chi connectivity index (χ3n) is 2.42. The minimum atomic E-state index is -1.11. The summed E-state index contributed by atoms with van der Waals surface area (Å²) in [6, 6.07) is 9.22. The third-order valence-corrected chi connectivity index (χ3v) is 2.42. The number of carbonyl (C=O) groups is 2. The summed E-state index contributed by atoms with van der Waals surface area (Å²) in [7, 11) is 0. The van der Waals surface area contributed by atoms with E-state index >= 15 is 0 Å². The Bertz CT molecular complexity index is 375. The number of carbonyl (C=O) groups excluding carboxylic acids is 1. The van der Waals surface area contributed by atoms with Gasteiger partial charge in [0, 0.05) is 0 Å². The number of benzene rings is 1. The first-order chi connectivity index (χ1) is 7.52. The molecule has 0 aliphatic carbocycles. The molecule has 86 valence electrons. The predicted octanol–water partition coefficient (Wildman–Crippen LogP) is 1.58. The first-order valence-corrected chi connectivity index (χ1v) is 5.10. The van der Waals surface area contributed by atoms with Crippen LogP contribution in [0.4, 0.5) is 0 Å². The fourth-order valence-electron chi connectivity index (χ4n) is 1.28. The van der Waals surface area contributed by atoms with Gasteiger partial charge >= 0.3 is 5.97 Å². The normalized spacial score (nSPS) is 13.9. The topological polar surface area (TPSA) is 66.4 Å². The quantitative estimate of drug-likeness (QED) is 0.759. The van der Waals surface area contributed by atoms with Gasteiger partial charge in [0.2, 0.25) is 5.91 Å². The largest absolute Gasteiger partial charge is 0.481 e. The molecule has 0 radical (unpaired) electrons. The average Bonchev–Trinajstić information content (AvgIpc) is 2.28. The van der Waals surface area contributed by atoms with Crippen molar-refractivity contribution in [3.05, 3.63) is 35.9 Å². The van der Waals surface area contributed by atoms with Gasteiger partial charge in [-0.25, -0.2) is 0 Å². The molecule has 0 saturated carbocycles. The van der Waals surface area contributed by atoms with E-state index in [9.17, 15) is 9.59 Å². The number of rotatable bonds is 4. The highest BCUT2D eigenvalue weighted by atomic mass is 16.4. The zero-order valence-corrected chi connectivity index (χ0v) is 9.31. The Balaban J connectivity index is 2.62. The van der Waals surface area contributed by atoms with E-state index in [1.807, 2.05) is 37.3 Å². The van der Waals surface area contributed by atoms with Crippen molar-refractivity contribution in [3.8, 4) is 0 Å². The molecule has 1 rings (SSSR count). The van der Waals surface area contributed by atoms with Crippen molar-refractivity contribution >= 4 is 11.9 Å². The molecule has 4 heteroatoms. The van der Waals surface area contributed by atoms with E-state index in [-0.39, 0.29) is 6.04 Å². The van der Waals surface area contributed by atoms with Gasteiger partial charge in [-0.15, -0.1) is 0 Å². The molecule has 0 bridgehead atoms. The molecule has 0 aliphatic rings.